The molecule has 0 spiro atoms. The molecule has 1 aliphatic heterocycles. The number of carboxylic acid groups (broad SMARTS) is 1. The number of likely N-dealkylation sites (tertiary alicyclic amines) is 1. The third-order valence-corrected chi connectivity index (χ3v) is 5.32. The lowest BCUT2D eigenvalue weighted by atomic mass is 10.0. The summed E-state index contributed by atoms with van der Waals surface area (Å²) in [5.74, 6) is -1.61. The van der Waals surface area contributed by atoms with Gasteiger partial charge in [-0.1, -0.05) is 6.07 Å². The van der Waals surface area contributed by atoms with Crippen LogP contribution in [0.5, 0.6) is 0 Å². The summed E-state index contributed by atoms with van der Waals surface area (Å²) >= 11 is 0. The van der Waals surface area contributed by atoms with Crippen LogP contribution < -0.4 is 5.32 Å². The summed E-state index contributed by atoms with van der Waals surface area (Å²) in [4.78, 5) is 38.6. The highest BCUT2D eigenvalue weighted by Gasteiger charge is 2.32. The maximum absolute atomic E-state index is 12.9. The van der Waals surface area contributed by atoms with E-state index < -0.39 is 12.0 Å². The van der Waals surface area contributed by atoms with E-state index in [1.54, 1.807) is 35.9 Å². The van der Waals surface area contributed by atoms with Gasteiger partial charge in [-0.15, -0.1) is 0 Å². The molecule has 1 aromatic carbocycles. The third kappa shape index (κ3) is 4.16. The normalized spacial score (nSPS) is 16.5. The Labute approximate surface area is 169 Å². The first kappa shape index (κ1) is 20.6. The minimum Gasteiger partial charge on any atom is -0.480 e. The summed E-state index contributed by atoms with van der Waals surface area (Å²) in [5.41, 5.74) is 2.78. The quantitative estimate of drug-likeness (QED) is 0.806. The molecule has 1 fully saturated rings. The predicted octanol–water partition coefficient (Wildman–Crippen LogP) is 2.85. The molecule has 1 unspecified atom stereocenters. The number of anilines is 1. The van der Waals surface area contributed by atoms with Crippen LogP contribution in [0.4, 0.5) is 5.69 Å². The maximum atomic E-state index is 12.9. The number of carboxylic acids is 1. The van der Waals surface area contributed by atoms with Crippen LogP contribution in [0.15, 0.2) is 24.3 Å². The van der Waals surface area contributed by atoms with Crippen molar-refractivity contribution in [3.8, 4) is 0 Å². The standard InChI is InChI=1S/C21H26N4O4/c1-4-25-14(3)18(13(2)23-25)19(26)22-16-9-7-8-15(12-16)20(27)24-11-6-5-10-17(24)21(28)29/h7-9,12,17H,4-6,10-11H2,1-3H3,(H,22,26)(H,28,29). The highest BCUT2D eigenvalue weighted by atomic mass is 16.4. The van der Waals surface area contributed by atoms with Gasteiger partial charge in [0.05, 0.1) is 11.3 Å². The zero-order chi connectivity index (χ0) is 21.1. The first-order chi connectivity index (χ1) is 13.8. The molecule has 0 radical (unpaired) electrons. The second-order valence-corrected chi connectivity index (χ2v) is 7.24. The number of rotatable bonds is 5. The molecule has 1 atom stereocenters. The molecule has 2 aromatic rings. The van der Waals surface area contributed by atoms with Gasteiger partial charge in [-0.3, -0.25) is 14.3 Å². The second-order valence-electron chi connectivity index (χ2n) is 7.24. The number of aliphatic carboxylic acids is 1. The van der Waals surface area contributed by atoms with Crippen LogP contribution in [0.1, 0.15) is 58.3 Å². The summed E-state index contributed by atoms with van der Waals surface area (Å²) < 4.78 is 1.77. The summed E-state index contributed by atoms with van der Waals surface area (Å²) in [6.07, 6.45) is 2.03. The number of aromatic nitrogens is 2. The minimum absolute atomic E-state index is 0.286. The molecule has 8 nitrogen and oxygen atoms in total. The topological polar surface area (TPSA) is 105 Å². The molecule has 3 rings (SSSR count). The Morgan fingerprint density at radius 1 is 1.24 bits per heavy atom. The van der Waals surface area contributed by atoms with Crippen molar-refractivity contribution in [3.63, 3.8) is 0 Å². The van der Waals surface area contributed by atoms with Gasteiger partial charge in [-0.2, -0.15) is 5.10 Å². The van der Waals surface area contributed by atoms with Gasteiger partial charge in [-0.25, -0.2) is 4.79 Å². The Hall–Kier alpha value is -3.16. The van der Waals surface area contributed by atoms with Crippen molar-refractivity contribution in [2.45, 2.75) is 52.6 Å². The van der Waals surface area contributed by atoms with Crippen molar-refractivity contribution in [1.29, 1.82) is 0 Å². The first-order valence-electron chi connectivity index (χ1n) is 9.82. The number of piperidine rings is 1. The highest BCUT2D eigenvalue weighted by molar-refractivity contribution is 6.06. The smallest absolute Gasteiger partial charge is 0.326 e. The number of benzene rings is 1. The molecule has 29 heavy (non-hydrogen) atoms. The summed E-state index contributed by atoms with van der Waals surface area (Å²) in [6, 6.07) is 5.80. The number of hydrogen-bond acceptors (Lipinski definition) is 4. The molecule has 0 bridgehead atoms. The molecule has 1 saturated heterocycles. The minimum atomic E-state index is -0.985. The van der Waals surface area contributed by atoms with E-state index in [4.69, 9.17) is 0 Å². The Balaban J connectivity index is 1.81. The van der Waals surface area contributed by atoms with Crippen LogP contribution in [0.25, 0.3) is 0 Å². The third-order valence-electron chi connectivity index (χ3n) is 5.32. The molecule has 2 amide bonds. The Kier molecular flexibility index (Phi) is 6.00. The zero-order valence-electron chi connectivity index (χ0n) is 16.9. The number of nitrogens with one attached hydrogen (secondary N) is 1. The Morgan fingerprint density at radius 2 is 2.00 bits per heavy atom. The average Bonchev–Trinajstić information content (AvgIpc) is 3.00. The fourth-order valence-electron chi connectivity index (χ4n) is 3.85. The van der Waals surface area contributed by atoms with Crippen molar-refractivity contribution in [2.75, 3.05) is 11.9 Å². The van der Waals surface area contributed by atoms with Crippen LogP contribution in [0.3, 0.4) is 0 Å². The van der Waals surface area contributed by atoms with Crippen LogP contribution in [-0.4, -0.2) is 50.2 Å². The van der Waals surface area contributed by atoms with Crippen molar-refractivity contribution in [3.05, 3.63) is 46.8 Å². The molecule has 2 heterocycles. The van der Waals surface area contributed by atoms with Gasteiger partial charge in [-0.05, 0) is 58.2 Å². The number of amides is 2. The van der Waals surface area contributed by atoms with E-state index in [-0.39, 0.29) is 11.8 Å². The summed E-state index contributed by atoms with van der Waals surface area (Å²) in [5, 5.41) is 16.6. The molecule has 0 aliphatic carbocycles. The lowest BCUT2D eigenvalue weighted by Crippen LogP contribution is -2.48. The number of nitrogens with zero attached hydrogens (tertiary/aromatic N) is 3. The Morgan fingerprint density at radius 3 is 2.66 bits per heavy atom. The lowest BCUT2D eigenvalue weighted by Gasteiger charge is -2.33. The van der Waals surface area contributed by atoms with Crippen LogP contribution in [-0.2, 0) is 11.3 Å². The predicted molar refractivity (Wildman–Crippen MR) is 108 cm³/mol. The van der Waals surface area contributed by atoms with Gasteiger partial charge in [0.2, 0.25) is 0 Å². The van der Waals surface area contributed by atoms with Crippen LogP contribution in [0.2, 0.25) is 0 Å². The number of carbonyl (C=O) groups excluding carboxylic acids is 2. The van der Waals surface area contributed by atoms with Crippen molar-refractivity contribution in [1.82, 2.24) is 14.7 Å². The molecular weight excluding hydrogens is 372 g/mol. The largest absolute Gasteiger partial charge is 0.480 e. The molecule has 0 saturated carbocycles. The van der Waals surface area contributed by atoms with Crippen molar-refractivity contribution < 1.29 is 19.5 Å². The van der Waals surface area contributed by atoms with E-state index in [2.05, 4.69) is 10.4 Å². The second kappa shape index (κ2) is 8.46. The van der Waals surface area contributed by atoms with Gasteiger partial charge in [0.15, 0.2) is 0 Å². The molecule has 1 aliphatic rings. The molecular formula is C21H26N4O4. The number of aryl methyl sites for hydroxylation is 2. The Bertz CT molecular complexity index is 950. The van der Waals surface area contributed by atoms with E-state index in [0.717, 1.165) is 18.5 Å². The van der Waals surface area contributed by atoms with E-state index in [1.165, 1.54) is 4.90 Å². The molecule has 1 aromatic heterocycles. The van der Waals surface area contributed by atoms with E-state index in [9.17, 15) is 19.5 Å². The van der Waals surface area contributed by atoms with E-state index >= 15 is 0 Å². The monoisotopic (exact) mass is 398 g/mol. The fraction of sp³-hybridized carbons (Fsp3) is 0.429. The van der Waals surface area contributed by atoms with E-state index in [0.29, 0.717) is 42.0 Å². The molecule has 2 N–H and O–H groups in total. The maximum Gasteiger partial charge on any atom is 0.326 e. The lowest BCUT2D eigenvalue weighted by molar-refractivity contribution is -0.143. The van der Waals surface area contributed by atoms with Crippen LogP contribution in [0, 0.1) is 13.8 Å². The van der Waals surface area contributed by atoms with Gasteiger partial charge in [0.25, 0.3) is 11.8 Å². The first-order valence-corrected chi connectivity index (χ1v) is 9.82. The van der Waals surface area contributed by atoms with E-state index in [1.807, 2.05) is 13.8 Å². The fourth-order valence-corrected chi connectivity index (χ4v) is 3.85. The zero-order valence-corrected chi connectivity index (χ0v) is 16.9. The van der Waals surface area contributed by atoms with Crippen molar-refractivity contribution >= 4 is 23.5 Å². The summed E-state index contributed by atoms with van der Waals surface area (Å²) in [7, 11) is 0. The average molecular weight is 398 g/mol. The number of carbonyl (C=O) groups is 3. The van der Waals surface area contributed by atoms with Crippen molar-refractivity contribution in [2.24, 2.45) is 0 Å². The summed E-state index contributed by atoms with van der Waals surface area (Å²) in [6.45, 7) is 6.68. The van der Waals surface area contributed by atoms with Gasteiger partial charge in [0.1, 0.15) is 6.04 Å². The number of hydrogen-bond donors (Lipinski definition) is 2. The van der Waals surface area contributed by atoms with Gasteiger partial charge < -0.3 is 15.3 Å². The van der Waals surface area contributed by atoms with Crippen LogP contribution >= 0.6 is 0 Å². The van der Waals surface area contributed by atoms with Gasteiger partial charge in [0, 0.05) is 30.0 Å². The highest BCUT2D eigenvalue weighted by Crippen LogP contribution is 2.22. The van der Waals surface area contributed by atoms with Gasteiger partial charge >= 0.3 is 5.97 Å². The molecule has 154 valence electrons. The molecule has 8 heteroatoms. The SMILES string of the molecule is CCn1nc(C)c(C(=O)Nc2cccc(C(=O)N3CCCCC3C(=O)O)c2)c1C.